The van der Waals surface area contributed by atoms with Crippen molar-refractivity contribution in [1.29, 1.82) is 0 Å². The summed E-state index contributed by atoms with van der Waals surface area (Å²) in [6.45, 7) is 6.06. The van der Waals surface area contributed by atoms with Crippen LogP contribution in [-0.4, -0.2) is 30.4 Å². The van der Waals surface area contributed by atoms with Gasteiger partial charge in [0.25, 0.3) is 0 Å². The maximum absolute atomic E-state index is 5.23. The van der Waals surface area contributed by atoms with Gasteiger partial charge < -0.3 is 14.6 Å². The Balaban J connectivity index is 2.08. The van der Waals surface area contributed by atoms with Crippen molar-refractivity contribution in [2.75, 3.05) is 20.3 Å². The lowest BCUT2D eigenvalue weighted by Crippen LogP contribution is -2.18. The first-order valence-corrected chi connectivity index (χ1v) is 7.20. The molecule has 0 atom stereocenters. The van der Waals surface area contributed by atoms with E-state index in [9.17, 15) is 0 Å². The average Bonchev–Trinajstić information content (AvgIpc) is 2.89. The molecule has 20 heavy (non-hydrogen) atoms. The van der Waals surface area contributed by atoms with Gasteiger partial charge in [0.05, 0.1) is 13.2 Å². The summed E-state index contributed by atoms with van der Waals surface area (Å²) >= 11 is 3.55. The standard InChI is InChI=1S/C14H18BrN3O2/c1-9-6-11(7-10(2)13(9)15)14-17-12(20-18-14)8-16-4-5-19-3/h6-7,16H,4-5,8H2,1-3H3. The SMILES string of the molecule is COCCNCc1nc(-c2cc(C)c(Br)c(C)c2)no1. The fourth-order valence-electron chi connectivity index (χ4n) is 1.89. The number of methoxy groups -OCH3 is 1. The summed E-state index contributed by atoms with van der Waals surface area (Å²) < 4.78 is 11.3. The lowest BCUT2D eigenvalue weighted by atomic mass is 10.1. The summed E-state index contributed by atoms with van der Waals surface area (Å²) in [4.78, 5) is 4.39. The van der Waals surface area contributed by atoms with Gasteiger partial charge in [0.1, 0.15) is 0 Å². The van der Waals surface area contributed by atoms with Crippen molar-refractivity contribution in [2.45, 2.75) is 20.4 Å². The number of hydrogen-bond donors (Lipinski definition) is 1. The zero-order valence-corrected chi connectivity index (χ0v) is 13.5. The summed E-state index contributed by atoms with van der Waals surface area (Å²) in [6, 6.07) is 4.09. The predicted octanol–water partition coefficient (Wildman–Crippen LogP) is 2.85. The van der Waals surface area contributed by atoms with Crippen LogP contribution in [0.5, 0.6) is 0 Å². The monoisotopic (exact) mass is 339 g/mol. The molecule has 6 heteroatoms. The molecular formula is C14H18BrN3O2. The van der Waals surface area contributed by atoms with Gasteiger partial charge in [-0.1, -0.05) is 21.1 Å². The second-order valence-electron chi connectivity index (χ2n) is 4.61. The Labute approximate surface area is 126 Å². The summed E-state index contributed by atoms with van der Waals surface area (Å²) in [7, 11) is 1.67. The van der Waals surface area contributed by atoms with Gasteiger partial charge in [0, 0.05) is 23.7 Å². The Morgan fingerprint density at radius 2 is 2.00 bits per heavy atom. The van der Waals surface area contributed by atoms with Crippen LogP contribution in [0.2, 0.25) is 0 Å². The van der Waals surface area contributed by atoms with Gasteiger partial charge >= 0.3 is 0 Å². The van der Waals surface area contributed by atoms with Gasteiger partial charge in [-0.2, -0.15) is 4.98 Å². The summed E-state index contributed by atoms with van der Waals surface area (Å²) in [5, 5.41) is 7.20. The normalized spacial score (nSPS) is 11.0. The van der Waals surface area contributed by atoms with Crippen LogP contribution >= 0.6 is 15.9 Å². The highest BCUT2D eigenvalue weighted by Gasteiger charge is 2.11. The van der Waals surface area contributed by atoms with Crippen molar-refractivity contribution in [2.24, 2.45) is 0 Å². The third kappa shape index (κ3) is 3.65. The van der Waals surface area contributed by atoms with Gasteiger partial charge in [0.2, 0.25) is 11.7 Å². The molecule has 0 saturated heterocycles. The van der Waals surface area contributed by atoms with E-state index in [2.05, 4.69) is 31.4 Å². The number of nitrogens with zero attached hydrogens (tertiary/aromatic N) is 2. The van der Waals surface area contributed by atoms with Gasteiger partial charge in [-0.3, -0.25) is 0 Å². The van der Waals surface area contributed by atoms with E-state index in [0.717, 1.165) is 27.7 Å². The molecule has 108 valence electrons. The summed E-state index contributed by atoms with van der Waals surface area (Å²) in [5.74, 6) is 1.20. The second kappa shape index (κ2) is 6.97. The molecule has 0 aliphatic rings. The van der Waals surface area contributed by atoms with E-state index >= 15 is 0 Å². The van der Waals surface area contributed by atoms with Crippen LogP contribution in [0.3, 0.4) is 0 Å². The number of aromatic nitrogens is 2. The van der Waals surface area contributed by atoms with Crippen LogP contribution in [0.15, 0.2) is 21.1 Å². The smallest absolute Gasteiger partial charge is 0.240 e. The van der Waals surface area contributed by atoms with Crippen LogP contribution in [0.4, 0.5) is 0 Å². The molecule has 5 nitrogen and oxygen atoms in total. The minimum atomic E-state index is 0.546. The molecule has 1 N–H and O–H groups in total. The number of aryl methyl sites for hydroxylation is 2. The number of ether oxygens (including phenoxy) is 1. The molecule has 0 radical (unpaired) electrons. The van der Waals surface area contributed by atoms with E-state index in [1.165, 1.54) is 0 Å². The number of benzene rings is 1. The number of rotatable bonds is 6. The molecule has 2 rings (SSSR count). The van der Waals surface area contributed by atoms with E-state index in [-0.39, 0.29) is 0 Å². The Bertz CT molecular complexity index is 561. The minimum Gasteiger partial charge on any atom is -0.383 e. The van der Waals surface area contributed by atoms with E-state index in [1.807, 2.05) is 26.0 Å². The first-order valence-electron chi connectivity index (χ1n) is 6.41. The Morgan fingerprint density at radius 1 is 1.30 bits per heavy atom. The molecule has 2 aromatic rings. The predicted molar refractivity (Wildman–Crippen MR) is 80.5 cm³/mol. The molecule has 0 fully saturated rings. The maximum Gasteiger partial charge on any atom is 0.240 e. The largest absolute Gasteiger partial charge is 0.383 e. The van der Waals surface area contributed by atoms with Crippen molar-refractivity contribution in [3.63, 3.8) is 0 Å². The zero-order chi connectivity index (χ0) is 14.5. The lowest BCUT2D eigenvalue weighted by molar-refractivity contribution is 0.197. The van der Waals surface area contributed by atoms with Crippen molar-refractivity contribution < 1.29 is 9.26 Å². The van der Waals surface area contributed by atoms with Crippen LogP contribution in [0.1, 0.15) is 17.0 Å². The highest BCUT2D eigenvalue weighted by atomic mass is 79.9. The molecule has 0 aliphatic carbocycles. The van der Waals surface area contributed by atoms with Crippen molar-refractivity contribution in [3.8, 4) is 11.4 Å². The fourth-order valence-corrected chi connectivity index (χ4v) is 2.12. The van der Waals surface area contributed by atoms with Crippen LogP contribution < -0.4 is 5.32 Å². The van der Waals surface area contributed by atoms with Gasteiger partial charge in [-0.05, 0) is 37.1 Å². The second-order valence-corrected chi connectivity index (χ2v) is 5.40. The first kappa shape index (κ1) is 15.2. The van der Waals surface area contributed by atoms with E-state index in [0.29, 0.717) is 24.9 Å². The molecule has 1 heterocycles. The average molecular weight is 340 g/mol. The molecule has 0 spiro atoms. The van der Waals surface area contributed by atoms with Crippen molar-refractivity contribution in [1.82, 2.24) is 15.5 Å². The van der Waals surface area contributed by atoms with Gasteiger partial charge in [0.15, 0.2) is 0 Å². The lowest BCUT2D eigenvalue weighted by Gasteiger charge is -2.04. The van der Waals surface area contributed by atoms with Crippen LogP contribution in [0.25, 0.3) is 11.4 Å². The molecule has 0 bridgehead atoms. The number of hydrogen-bond acceptors (Lipinski definition) is 5. The highest BCUT2D eigenvalue weighted by molar-refractivity contribution is 9.10. The van der Waals surface area contributed by atoms with Crippen LogP contribution in [0, 0.1) is 13.8 Å². The summed E-state index contributed by atoms with van der Waals surface area (Å²) in [5.41, 5.74) is 3.28. The van der Waals surface area contributed by atoms with Crippen molar-refractivity contribution in [3.05, 3.63) is 33.6 Å². The molecular weight excluding hydrogens is 322 g/mol. The number of halogens is 1. The minimum absolute atomic E-state index is 0.546. The maximum atomic E-state index is 5.23. The Kier molecular flexibility index (Phi) is 5.28. The van der Waals surface area contributed by atoms with Gasteiger partial charge in [-0.15, -0.1) is 0 Å². The Hall–Kier alpha value is -1.24. The third-order valence-corrected chi connectivity index (χ3v) is 4.17. The molecule has 0 saturated carbocycles. The third-order valence-electron chi connectivity index (χ3n) is 2.92. The van der Waals surface area contributed by atoms with E-state index < -0.39 is 0 Å². The number of nitrogens with one attached hydrogen (secondary N) is 1. The zero-order valence-electron chi connectivity index (χ0n) is 11.9. The molecule has 0 unspecified atom stereocenters. The van der Waals surface area contributed by atoms with Gasteiger partial charge in [-0.25, -0.2) is 0 Å². The van der Waals surface area contributed by atoms with Crippen molar-refractivity contribution >= 4 is 15.9 Å². The molecule has 1 aromatic heterocycles. The highest BCUT2D eigenvalue weighted by Crippen LogP contribution is 2.27. The first-order chi connectivity index (χ1) is 9.61. The van der Waals surface area contributed by atoms with E-state index in [4.69, 9.17) is 9.26 Å². The molecule has 1 aromatic carbocycles. The van der Waals surface area contributed by atoms with E-state index in [1.54, 1.807) is 7.11 Å². The van der Waals surface area contributed by atoms with Crippen LogP contribution in [-0.2, 0) is 11.3 Å². The summed E-state index contributed by atoms with van der Waals surface area (Å²) in [6.07, 6.45) is 0. The Morgan fingerprint density at radius 3 is 2.65 bits per heavy atom. The molecule has 0 amide bonds. The quantitative estimate of drug-likeness (QED) is 0.820. The fraction of sp³-hybridized carbons (Fsp3) is 0.429. The molecule has 0 aliphatic heterocycles. The topological polar surface area (TPSA) is 60.2 Å².